The molecule has 0 fully saturated rings. The first-order valence-corrected chi connectivity index (χ1v) is 7.89. The molecule has 3 nitrogen and oxygen atoms in total. The zero-order chi connectivity index (χ0) is 13.7. The van der Waals surface area contributed by atoms with E-state index in [1.165, 1.54) is 0 Å². The van der Waals surface area contributed by atoms with Crippen LogP contribution < -0.4 is 10.1 Å². The Balaban J connectivity index is 2.05. The van der Waals surface area contributed by atoms with Gasteiger partial charge in [-0.25, -0.2) is 4.98 Å². The second-order valence-electron chi connectivity index (χ2n) is 4.18. The van der Waals surface area contributed by atoms with Gasteiger partial charge in [0.05, 0.1) is 10.7 Å². The molecule has 1 heterocycles. The summed E-state index contributed by atoms with van der Waals surface area (Å²) in [5, 5.41) is 6.43. The highest BCUT2D eigenvalue weighted by Crippen LogP contribution is 2.24. The lowest BCUT2D eigenvalue weighted by molar-refractivity contribution is 0.298. The van der Waals surface area contributed by atoms with Crippen molar-refractivity contribution in [2.45, 2.75) is 27.0 Å². The molecular weight excluding hydrogens is 324 g/mol. The quantitative estimate of drug-likeness (QED) is 0.865. The molecule has 0 unspecified atom stereocenters. The van der Waals surface area contributed by atoms with Gasteiger partial charge in [-0.05, 0) is 31.7 Å². The number of aromatic nitrogens is 1. The fraction of sp³-hybridized carbons (Fsp3) is 0.357. The first-order valence-electron chi connectivity index (χ1n) is 6.22. The topological polar surface area (TPSA) is 34.1 Å². The fourth-order valence-electron chi connectivity index (χ4n) is 1.71. The largest absolute Gasteiger partial charge is 0.487 e. The monoisotopic (exact) mass is 340 g/mol. The highest BCUT2D eigenvalue weighted by Gasteiger charge is 2.06. The van der Waals surface area contributed by atoms with Gasteiger partial charge in [0, 0.05) is 22.0 Å². The Hall–Kier alpha value is -0.910. The Morgan fingerprint density at radius 3 is 2.95 bits per heavy atom. The lowest BCUT2D eigenvalue weighted by Gasteiger charge is -2.11. The van der Waals surface area contributed by atoms with Crippen molar-refractivity contribution >= 4 is 27.3 Å². The van der Waals surface area contributed by atoms with Gasteiger partial charge in [0.15, 0.2) is 0 Å². The first kappa shape index (κ1) is 14.5. The summed E-state index contributed by atoms with van der Waals surface area (Å²) in [6.45, 7) is 6.37. The summed E-state index contributed by atoms with van der Waals surface area (Å²) < 4.78 is 6.94. The summed E-state index contributed by atoms with van der Waals surface area (Å²) in [5.41, 5.74) is 2.14. The highest BCUT2D eigenvalue weighted by atomic mass is 79.9. The van der Waals surface area contributed by atoms with Crippen molar-refractivity contribution in [1.29, 1.82) is 0 Å². The van der Waals surface area contributed by atoms with E-state index >= 15 is 0 Å². The molecule has 2 rings (SSSR count). The third-order valence-corrected chi connectivity index (χ3v) is 3.95. The predicted molar refractivity (Wildman–Crippen MR) is 82.7 cm³/mol. The van der Waals surface area contributed by atoms with E-state index in [9.17, 15) is 0 Å². The van der Waals surface area contributed by atoms with Crippen LogP contribution in [0.3, 0.4) is 0 Å². The van der Waals surface area contributed by atoms with E-state index in [4.69, 9.17) is 4.74 Å². The predicted octanol–water partition coefficient (Wildman–Crippen LogP) is 3.90. The lowest BCUT2D eigenvalue weighted by atomic mass is 10.2. The Kier molecular flexibility index (Phi) is 5.36. The Morgan fingerprint density at radius 2 is 2.26 bits per heavy atom. The molecule has 0 aliphatic carbocycles. The van der Waals surface area contributed by atoms with Crippen molar-refractivity contribution < 1.29 is 4.74 Å². The minimum Gasteiger partial charge on any atom is -0.487 e. The Morgan fingerprint density at radius 1 is 1.42 bits per heavy atom. The molecule has 0 spiro atoms. The van der Waals surface area contributed by atoms with Gasteiger partial charge in [-0.1, -0.05) is 22.9 Å². The Bertz CT molecular complexity index is 542. The molecule has 2 aromatic rings. The molecule has 0 amide bonds. The van der Waals surface area contributed by atoms with Crippen molar-refractivity contribution in [3.8, 4) is 5.75 Å². The van der Waals surface area contributed by atoms with Crippen LogP contribution >= 0.6 is 27.3 Å². The smallest absolute Gasteiger partial charge is 0.131 e. The van der Waals surface area contributed by atoms with E-state index in [-0.39, 0.29) is 0 Å². The maximum absolute atomic E-state index is 5.87. The molecule has 5 heteroatoms. The minimum atomic E-state index is 0.519. The second-order valence-corrected chi connectivity index (χ2v) is 6.16. The highest BCUT2D eigenvalue weighted by molar-refractivity contribution is 9.10. The number of aryl methyl sites for hydroxylation is 1. The van der Waals surface area contributed by atoms with Crippen LogP contribution in [0.2, 0.25) is 0 Å². The van der Waals surface area contributed by atoms with Gasteiger partial charge < -0.3 is 10.1 Å². The normalized spacial score (nSPS) is 10.7. The third kappa shape index (κ3) is 4.30. The number of thiazole rings is 1. The molecule has 0 atom stereocenters. The van der Waals surface area contributed by atoms with Gasteiger partial charge in [0.1, 0.15) is 12.4 Å². The molecule has 0 saturated carbocycles. The van der Waals surface area contributed by atoms with Crippen LogP contribution in [0.15, 0.2) is 28.1 Å². The molecule has 19 heavy (non-hydrogen) atoms. The fourth-order valence-corrected chi connectivity index (χ4v) is 2.72. The van der Waals surface area contributed by atoms with E-state index in [1.54, 1.807) is 11.3 Å². The van der Waals surface area contributed by atoms with Crippen LogP contribution in [0, 0.1) is 6.92 Å². The number of hydrogen-bond acceptors (Lipinski definition) is 4. The van der Waals surface area contributed by atoms with Crippen LogP contribution in [0.4, 0.5) is 0 Å². The summed E-state index contributed by atoms with van der Waals surface area (Å²) in [7, 11) is 0. The zero-order valence-corrected chi connectivity index (χ0v) is 13.5. The number of halogens is 1. The van der Waals surface area contributed by atoms with Gasteiger partial charge in [0.2, 0.25) is 0 Å². The molecular formula is C14H17BrN2OS. The number of ether oxygens (including phenoxy) is 1. The summed E-state index contributed by atoms with van der Waals surface area (Å²) in [4.78, 5) is 4.40. The lowest BCUT2D eigenvalue weighted by Crippen LogP contribution is -2.13. The van der Waals surface area contributed by atoms with E-state index in [2.05, 4.69) is 39.2 Å². The molecule has 0 radical (unpaired) electrons. The van der Waals surface area contributed by atoms with E-state index in [1.807, 2.05) is 24.4 Å². The van der Waals surface area contributed by atoms with Crippen LogP contribution in [-0.2, 0) is 13.2 Å². The summed E-state index contributed by atoms with van der Waals surface area (Å²) >= 11 is 5.14. The van der Waals surface area contributed by atoms with Crippen molar-refractivity contribution in [3.63, 3.8) is 0 Å². The summed E-state index contributed by atoms with van der Waals surface area (Å²) in [5.74, 6) is 0.912. The average Bonchev–Trinajstić information content (AvgIpc) is 2.81. The van der Waals surface area contributed by atoms with Gasteiger partial charge in [-0.15, -0.1) is 11.3 Å². The Labute approximate surface area is 126 Å². The molecule has 0 bridgehead atoms. The van der Waals surface area contributed by atoms with Crippen molar-refractivity contribution in [3.05, 3.63) is 44.3 Å². The maximum atomic E-state index is 5.87. The molecule has 102 valence electrons. The van der Waals surface area contributed by atoms with Crippen molar-refractivity contribution in [2.24, 2.45) is 0 Å². The van der Waals surface area contributed by atoms with E-state index < -0.39 is 0 Å². The van der Waals surface area contributed by atoms with Crippen LogP contribution in [-0.4, -0.2) is 11.5 Å². The average molecular weight is 341 g/mol. The number of nitrogens with zero attached hydrogens (tertiary/aromatic N) is 1. The number of hydrogen-bond donors (Lipinski definition) is 1. The molecule has 0 saturated heterocycles. The SMILES string of the molecule is CCNCc1cc(Br)ccc1OCc1csc(C)n1. The summed E-state index contributed by atoms with van der Waals surface area (Å²) in [6, 6.07) is 6.08. The summed E-state index contributed by atoms with van der Waals surface area (Å²) in [6.07, 6.45) is 0. The van der Waals surface area contributed by atoms with Gasteiger partial charge in [0.25, 0.3) is 0 Å². The number of benzene rings is 1. The number of nitrogens with one attached hydrogen (secondary N) is 1. The van der Waals surface area contributed by atoms with E-state index in [0.717, 1.165) is 39.6 Å². The van der Waals surface area contributed by atoms with Crippen molar-refractivity contribution in [1.82, 2.24) is 10.3 Å². The molecule has 1 aromatic carbocycles. The van der Waals surface area contributed by atoms with Crippen LogP contribution in [0.5, 0.6) is 5.75 Å². The van der Waals surface area contributed by atoms with Gasteiger partial charge in [-0.3, -0.25) is 0 Å². The molecule has 0 aliphatic rings. The second kappa shape index (κ2) is 7.03. The van der Waals surface area contributed by atoms with Crippen LogP contribution in [0.1, 0.15) is 23.2 Å². The number of rotatable bonds is 6. The minimum absolute atomic E-state index is 0.519. The van der Waals surface area contributed by atoms with E-state index in [0.29, 0.717) is 6.61 Å². The standard InChI is InChI=1S/C14H17BrN2OS/c1-3-16-7-11-6-12(15)4-5-14(11)18-8-13-9-19-10(2)17-13/h4-6,9,16H,3,7-8H2,1-2H3. The molecule has 0 aliphatic heterocycles. The van der Waals surface area contributed by atoms with Crippen LogP contribution in [0.25, 0.3) is 0 Å². The third-order valence-electron chi connectivity index (χ3n) is 2.63. The maximum Gasteiger partial charge on any atom is 0.131 e. The zero-order valence-electron chi connectivity index (χ0n) is 11.1. The van der Waals surface area contributed by atoms with Crippen molar-refractivity contribution in [2.75, 3.05) is 6.54 Å². The van der Waals surface area contributed by atoms with Gasteiger partial charge in [-0.2, -0.15) is 0 Å². The van der Waals surface area contributed by atoms with Gasteiger partial charge >= 0.3 is 0 Å². The molecule has 1 aromatic heterocycles. The first-order chi connectivity index (χ1) is 9.19. The molecule has 1 N–H and O–H groups in total.